The quantitative estimate of drug-likeness (QED) is 0.601. The molecule has 4 heteroatoms. The molecular weight excluding hydrogens is 192 g/mol. The molecule has 0 aliphatic heterocycles. The standard InChI is InChI=1S/C11H20N2O2/c1-9(2)8-10(11(14)15)13-7-5-3-4-6-12/h9-10,13H,3-5,7-8H2,1-2H3,(H,14,15). The Kier molecular flexibility index (Phi) is 7.65. The van der Waals surface area contributed by atoms with Crippen LogP contribution in [0, 0.1) is 17.2 Å². The fourth-order valence-corrected chi connectivity index (χ4v) is 1.35. The van der Waals surface area contributed by atoms with E-state index in [1.165, 1.54) is 0 Å². The van der Waals surface area contributed by atoms with E-state index in [4.69, 9.17) is 10.4 Å². The van der Waals surface area contributed by atoms with Crippen molar-refractivity contribution in [2.75, 3.05) is 6.54 Å². The highest BCUT2D eigenvalue weighted by Gasteiger charge is 2.17. The van der Waals surface area contributed by atoms with E-state index in [1.54, 1.807) is 0 Å². The maximum Gasteiger partial charge on any atom is 0.320 e. The third-order valence-electron chi connectivity index (χ3n) is 2.11. The first kappa shape index (κ1) is 13.9. The van der Waals surface area contributed by atoms with Gasteiger partial charge in [-0.3, -0.25) is 4.79 Å². The van der Waals surface area contributed by atoms with Crippen molar-refractivity contribution in [3.8, 4) is 6.07 Å². The molecule has 1 atom stereocenters. The lowest BCUT2D eigenvalue weighted by molar-refractivity contribution is -0.139. The molecule has 0 aliphatic rings. The summed E-state index contributed by atoms with van der Waals surface area (Å²) in [5.74, 6) is -0.415. The van der Waals surface area contributed by atoms with Crippen LogP contribution in [-0.4, -0.2) is 23.7 Å². The number of nitrogens with zero attached hydrogens (tertiary/aromatic N) is 1. The van der Waals surface area contributed by atoms with Gasteiger partial charge >= 0.3 is 5.97 Å². The van der Waals surface area contributed by atoms with Gasteiger partial charge in [-0.1, -0.05) is 13.8 Å². The van der Waals surface area contributed by atoms with Crippen LogP contribution in [0.3, 0.4) is 0 Å². The van der Waals surface area contributed by atoms with E-state index in [9.17, 15) is 4.79 Å². The average molecular weight is 212 g/mol. The van der Waals surface area contributed by atoms with Crippen molar-refractivity contribution in [2.45, 2.75) is 45.6 Å². The first-order chi connectivity index (χ1) is 7.07. The largest absolute Gasteiger partial charge is 0.480 e. The van der Waals surface area contributed by atoms with Gasteiger partial charge in [0.2, 0.25) is 0 Å². The van der Waals surface area contributed by atoms with Gasteiger partial charge in [0, 0.05) is 6.42 Å². The van der Waals surface area contributed by atoms with Crippen molar-refractivity contribution in [1.82, 2.24) is 5.32 Å². The number of carboxylic acids is 1. The maximum atomic E-state index is 10.8. The Labute approximate surface area is 91.3 Å². The Morgan fingerprint density at radius 2 is 2.13 bits per heavy atom. The number of nitriles is 1. The lowest BCUT2D eigenvalue weighted by atomic mass is 10.0. The van der Waals surface area contributed by atoms with Gasteiger partial charge in [-0.15, -0.1) is 0 Å². The molecular formula is C11H20N2O2. The van der Waals surface area contributed by atoms with E-state index < -0.39 is 12.0 Å². The first-order valence-electron chi connectivity index (χ1n) is 5.41. The third-order valence-corrected chi connectivity index (χ3v) is 2.11. The molecule has 0 heterocycles. The van der Waals surface area contributed by atoms with Gasteiger partial charge in [-0.05, 0) is 31.7 Å². The van der Waals surface area contributed by atoms with Gasteiger partial charge in [0.25, 0.3) is 0 Å². The van der Waals surface area contributed by atoms with Crippen LogP contribution < -0.4 is 5.32 Å². The zero-order valence-electron chi connectivity index (χ0n) is 9.49. The molecule has 15 heavy (non-hydrogen) atoms. The summed E-state index contributed by atoms with van der Waals surface area (Å²) >= 11 is 0. The zero-order valence-corrected chi connectivity index (χ0v) is 9.49. The average Bonchev–Trinajstić information content (AvgIpc) is 2.15. The summed E-state index contributed by atoms with van der Waals surface area (Å²) in [6, 6.07) is 1.61. The van der Waals surface area contributed by atoms with Gasteiger partial charge in [-0.2, -0.15) is 5.26 Å². The van der Waals surface area contributed by atoms with Crippen molar-refractivity contribution in [3.63, 3.8) is 0 Å². The van der Waals surface area contributed by atoms with Crippen LogP contribution in [0.1, 0.15) is 39.5 Å². The third kappa shape index (κ3) is 7.95. The van der Waals surface area contributed by atoms with Crippen LogP contribution in [0.15, 0.2) is 0 Å². The van der Waals surface area contributed by atoms with Crippen molar-refractivity contribution < 1.29 is 9.90 Å². The van der Waals surface area contributed by atoms with E-state index in [1.807, 2.05) is 13.8 Å². The summed E-state index contributed by atoms with van der Waals surface area (Å²) in [7, 11) is 0. The highest BCUT2D eigenvalue weighted by molar-refractivity contribution is 5.73. The molecule has 0 aromatic rings. The minimum Gasteiger partial charge on any atom is -0.480 e. The molecule has 0 saturated carbocycles. The van der Waals surface area contributed by atoms with E-state index in [0.717, 1.165) is 12.8 Å². The summed E-state index contributed by atoms with van der Waals surface area (Å²) in [5, 5.41) is 20.2. The minimum absolute atomic E-state index is 0.373. The highest BCUT2D eigenvalue weighted by atomic mass is 16.4. The Morgan fingerprint density at radius 3 is 2.60 bits per heavy atom. The predicted molar refractivity (Wildman–Crippen MR) is 58.3 cm³/mol. The smallest absolute Gasteiger partial charge is 0.320 e. The summed E-state index contributed by atoms with van der Waals surface area (Å²) in [5.41, 5.74) is 0. The molecule has 0 rings (SSSR count). The van der Waals surface area contributed by atoms with Crippen molar-refractivity contribution in [3.05, 3.63) is 0 Å². The second-order valence-electron chi connectivity index (χ2n) is 4.09. The number of aliphatic carboxylic acids is 1. The number of hydrogen-bond acceptors (Lipinski definition) is 3. The normalized spacial score (nSPS) is 12.4. The number of rotatable bonds is 8. The Hall–Kier alpha value is -1.08. The summed E-state index contributed by atoms with van der Waals surface area (Å²) in [6.45, 7) is 4.69. The van der Waals surface area contributed by atoms with Crippen molar-refractivity contribution >= 4 is 5.97 Å². The van der Waals surface area contributed by atoms with Crippen LogP contribution >= 0.6 is 0 Å². The molecule has 0 bridgehead atoms. The summed E-state index contributed by atoms with van der Waals surface area (Å²) < 4.78 is 0. The van der Waals surface area contributed by atoms with E-state index in [0.29, 0.717) is 25.3 Å². The molecule has 86 valence electrons. The second kappa shape index (κ2) is 8.25. The van der Waals surface area contributed by atoms with Crippen molar-refractivity contribution in [1.29, 1.82) is 5.26 Å². The van der Waals surface area contributed by atoms with Crippen LogP contribution in [-0.2, 0) is 4.79 Å². The first-order valence-corrected chi connectivity index (χ1v) is 5.41. The molecule has 2 N–H and O–H groups in total. The Morgan fingerprint density at radius 1 is 1.47 bits per heavy atom. The number of carbonyl (C=O) groups is 1. The number of hydrogen-bond donors (Lipinski definition) is 2. The molecule has 0 aliphatic carbocycles. The van der Waals surface area contributed by atoms with Gasteiger partial charge < -0.3 is 10.4 Å². The number of unbranched alkanes of at least 4 members (excludes halogenated alkanes) is 2. The van der Waals surface area contributed by atoms with Crippen LogP contribution in [0.5, 0.6) is 0 Å². The molecule has 1 unspecified atom stereocenters. The fourth-order valence-electron chi connectivity index (χ4n) is 1.35. The Balaban J connectivity index is 3.68. The van der Waals surface area contributed by atoms with Gasteiger partial charge in [0.1, 0.15) is 6.04 Å². The molecule has 0 saturated heterocycles. The van der Waals surface area contributed by atoms with E-state index >= 15 is 0 Å². The molecule has 0 fully saturated rings. The van der Waals surface area contributed by atoms with Crippen LogP contribution in [0.25, 0.3) is 0 Å². The zero-order chi connectivity index (χ0) is 11.7. The molecule has 0 radical (unpaired) electrons. The van der Waals surface area contributed by atoms with E-state index in [2.05, 4.69) is 11.4 Å². The van der Waals surface area contributed by atoms with E-state index in [-0.39, 0.29) is 0 Å². The molecule has 0 amide bonds. The summed E-state index contributed by atoms with van der Waals surface area (Å²) in [6.07, 6.45) is 2.88. The van der Waals surface area contributed by atoms with Crippen molar-refractivity contribution in [2.24, 2.45) is 5.92 Å². The van der Waals surface area contributed by atoms with Crippen LogP contribution in [0.4, 0.5) is 0 Å². The minimum atomic E-state index is -0.788. The van der Waals surface area contributed by atoms with Gasteiger partial charge in [0.15, 0.2) is 0 Å². The monoisotopic (exact) mass is 212 g/mol. The molecule has 0 aromatic carbocycles. The predicted octanol–water partition coefficient (Wildman–Crippen LogP) is 1.77. The SMILES string of the molecule is CC(C)CC(NCCCCC#N)C(=O)O. The fraction of sp³-hybridized carbons (Fsp3) is 0.818. The number of carboxylic acid groups (broad SMARTS) is 1. The van der Waals surface area contributed by atoms with Gasteiger partial charge in [-0.25, -0.2) is 0 Å². The highest BCUT2D eigenvalue weighted by Crippen LogP contribution is 2.05. The molecule has 4 nitrogen and oxygen atoms in total. The lowest BCUT2D eigenvalue weighted by Crippen LogP contribution is -2.38. The van der Waals surface area contributed by atoms with Crippen LogP contribution in [0.2, 0.25) is 0 Å². The lowest BCUT2D eigenvalue weighted by Gasteiger charge is -2.16. The topological polar surface area (TPSA) is 73.1 Å². The molecule has 0 aromatic heterocycles. The number of nitrogens with one attached hydrogen (secondary N) is 1. The van der Waals surface area contributed by atoms with Gasteiger partial charge in [0.05, 0.1) is 6.07 Å². The second-order valence-corrected chi connectivity index (χ2v) is 4.09. The summed E-state index contributed by atoms with van der Waals surface area (Å²) in [4.78, 5) is 10.8. The maximum absolute atomic E-state index is 10.8. The Bertz CT molecular complexity index is 221. The molecule has 0 spiro atoms.